The molecule has 1 aromatic carbocycles. The van der Waals surface area contributed by atoms with Crippen molar-refractivity contribution in [1.82, 2.24) is 0 Å². The van der Waals surface area contributed by atoms with Gasteiger partial charge in [0.25, 0.3) is 0 Å². The predicted octanol–water partition coefficient (Wildman–Crippen LogP) is 4.66. The second kappa shape index (κ2) is 6.07. The molecule has 2 aliphatic rings. The molecule has 20 heavy (non-hydrogen) atoms. The summed E-state index contributed by atoms with van der Waals surface area (Å²) in [6, 6.07) is 4.16. The smallest absolute Gasteiger partial charge is 0.122 e. The third-order valence-electron chi connectivity index (χ3n) is 4.81. The SMILES string of the molecule is Cc1c(OCC2CCCC2)ccc(OCC2CC2)c1C. The summed E-state index contributed by atoms with van der Waals surface area (Å²) in [5, 5.41) is 0. The van der Waals surface area contributed by atoms with Gasteiger partial charge in [-0.3, -0.25) is 0 Å². The summed E-state index contributed by atoms with van der Waals surface area (Å²) in [6.45, 7) is 6.04. The molecule has 2 saturated carbocycles. The lowest BCUT2D eigenvalue weighted by atomic mass is 10.1. The minimum absolute atomic E-state index is 0.764. The van der Waals surface area contributed by atoms with Crippen LogP contribution in [-0.2, 0) is 0 Å². The number of hydrogen-bond acceptors (Lipinski definition) is 2. The largest absolute Gasteiger partial charge is 0.493 e. The summed E-state index contributed by atoms with van der Waals surface area (Å²) in [5.41, 5.74) is 2.46. The molecule has 2 aliphatic carbocycles. The molecule has 2 heteroatoms. The molecule has 2 nitrogen and oxygen atoms in total. The Morgan fingerprint density at radius 3 is 1.70 bits per heavy atom. The van der Waals surface area contributed by atoms with E-state index in [0.717, 1.165) is 36.5 Å². The van der Waals surface area contributed by atoms with Gasteiger partial charge < -0.3 is 9.47 Å². The van der Waals surface area contributed by atoms with Gasteiger partial charge in [-0.2, -0.15) is 0 Å². The van der Waals surface area contributed by atoms with Crippen LogP contribution in [0.5, 0.6) is 11.5 Å². The van der Waals surface area contributed by atoms with E-state index in [1.54, 1.807) is 0 Å². The van der Waals surface area contributed by atoms with E-state index in [1.807, 2.05) is 0 Å². The zero-order valence-electron chi connectivity index (χ0n) is 12.8. The fourth-order valence-electron chi connectivity index (χ4n) is 2.96. The highest BCUT2D eigenvalue weighted by Gasteiger charge is 2.22. The van der Waals surface area contributed by atoms with Gasteiger partial charge in [0.2, 0.25) is 0 Å². The molecule has 1 aromatic rings. The Morgan fingerprint density at radius 1 is 0.800 bits per heavy atom. The van der Waals surface area contributed by atoms with E-state index < -0.39 is 0 Å². The van der Waals surface area contributed by atoms with E-state index >= 15 is 0 Å². The van der Waals surface area contributed by atoms with Crippen molar-refractivity contribution < 1.29 is 9.47 Å². The van der Waals surface area contributed by atoms with Gasteiger partial charge in [-0.15, -0.1) is 0 Å². The summed E-state index contributed by atoms with van der Waals surface area (Å²) in [4.78, 5) is 0. The maximum Gasteiger partial charge on any atom is 0.122 e. The second-order valence-corrected chi connectivity index (χ2v) is 6.53. The van der Waals surface area contributed by atoms with E-state index in [9.17, 15) is 0 Å². The van der Waals surface area contributed by atoms with Crippen molar-refractivity contribution in [2.45, 2.75) is 52.4 Å². The van der Waals surface area contributed by atoms with Crippen molar-refractivity contribution in [3.8, 4) is 11.5 Å². The molecule has 0 N–H and O–H groups in total. The lowest BCUT2D eigenvalue weighted by Crippen LogP contribution is -2.09. The summed E-state index contributed by atoms with van der Waals surface area (Å²) < 4.78 is 12.0. The predicted molar refractivity (Wildman–Crippen MR) is 81.6 cm³/mol. The maximum absolute atomic E-state index is 6.04. The van der Waals surface area contributed by atoms with Crippen LogP contribution in [0.4, 0.5) is 0 Å². The van der Waals surface area contributed by atoms with Crippen LogP contribution in [0.25, 0.3) is 0 Å². The van der Waals surface area contributed by atoms with Crippen molar-refractivity contribution >= 4 is 0 Å². The van der Waals surface area contributed by atoms with E-state index in [2.05, 4.69) is 26.0 Å². The molecule has 0 unspecified atom stereocenters. The molecule has 0 spiro atoms. The van der Waals surface area contributed by atoms with Gasteiger partial charge in [0, 0.05) is 0 Å². The minimum Gasteiger partial charge on any atom is -0.493 e. The zero-order valence-corrected chi connectivity index (χ0v) is 12.8. The molecule has 0 aromatic heterocycles. The zero-order chi connectivity index (χ0) is 13.9. The molecule has 0 bridgehead atoms. The Morgan fingerprint density at radius 2 is 1.25 bits per heavy atom. The Balaban J connectivity index is 1.60. The van der Waals surface area contributed by atoms with Gasteiger partial charge in [-0.25, -0.2) is 0 Å². The molecule has 0 atom stereocenters. The van der Waals surface area contributed by atoms with Gasteiger partial charge >= 0.3 is 0 Å². The lowest BCUT2D eigenvalue weighted by molar-refractivity contribution is 0.249. The van der Waals surface area contributed by atoms with Crippen LogP contribution in [0.3, 0.4) is 0 Å². The maximum atomic E-state index is 6.04. The van der Waals surface area contributed by atoms with Crippen molar-refractivity contribution in [2.75, 3.05) is 13.2 Å². The van der Waals surface area contributed by atoms with Crippen LogP contribution in [0.15, 0.2) is 12.1 Å². The van der Waals surface area contributed by atoms with Crippen LogP contribution in [0.2, 0.25) is 0 Å². The molecule has 0 heterocycles. The Kier molecular flexibility index (Phi) is 4.18. The van der Waals surface area contributed by atoms with E-state index in [1.165, 1.54) is 49.7 Å². The van der Waals surface area contributed by atoms with E-state index in [4.69, 9.17) is 9.47 Å². The Bertz CT molecular complexity index is 457. The van der Waals surface area contributed by atoms with Crippen molar-refractivity contribution in [3.05, 3.63) is 23.3 Å². The van der Waals surface area contributed by atoms with Crippen LogP contribution in [0, 0.1) is 25.7 Å². The lowest BCUT2D eigenvalue weighted by Gasteiger charge is -2.17. The number of ether oxygens (including phenoxy) is 2. The third kappa shape index (κ3) is 3.28. The van der Waals surface area contributed by atoms with Gasteiger partial charge in [0.05, 0.1) is 13.2 Å². The topological polar surface area (TPSA) is 18.5 Å². The van der Waals surface area contributed by atoms with Crippen LogP contribution in [0.1, 0.15) is 49.7 Å². The van der Waals surface area contributed by atoms with Crippen LogP contribution < -0.4 is 9.47 Å². The number of rotatable bonds is 6. The highest BCUT2D eigenvalue weighted by atomic mass is 16.5. The first-order valence-corrected chi connectivity index (χ1v) is 8.10. The highest BCUT2D eigenvalue weighted by Crippen LogP contribution is 2.34. The Labute approximate surface area is 122 Å². The quantitative estimate of drug-likeness (QED) is 0.751. The van der Waals surface area contributed by atoms with Crippen molar-refractivity contribution in [2.24, 2.45) is 11.8 Å². The summed E-state index contributed by atoms with van der Waals surface area (Å²) in [7, 11) is 0. The van der Waals surface area contributed by atoms with Gasteiger partial charge in [0.1, 0.15) is 11.5 Å². The molecule has 0 aliphatic heterocycles. The second-order valence-electron chi connectivity index (χ2n) is 6.53. The normalized spacial score (nSPS) is 19.3. The molecule has 0 saturated heterocycles. The average Bonchev–Trinajstić information content (AvgIpc) is 3.13. The monoisotopic (exact) mass is 274 g/mol. The summed E-state index contributed by atoms with van der Waals surface area (Å²) in [5.74, 6) is 3.63. The standard InChI is InChI=1S/C18H26O2/c1-13-14(2)18(20-12-16-7-8-16)10-9-17(13)19-11-15-5-3-4-6-15/h9-10,15-16H,3-8,11-12H2,1-2H3. The fourth-order valence-corrected chi connectivity index (χ4v) is 2.96. The molecule has 2 fully saturated rings. The van der Waals surface area contributed by atoms with Crippen LogP contribution >= 0.6 is 0 Å². The minimum atomic E-state index is 0.764. The fraction of sp³-hybridized carbons (Fsp3) is 0.667. The molecular weight excluding hydrogens is 248 g/mol. The van der Waals surface area contributed by atoms with Gasteiger partial charge in [-0.1, -0.05) is 12.8 Å². The van der Waals surface area contributed by atoms with Crippen molar-refractivity contribution in [3.63, 3.8) is 0 Å². The summed E-state index contributed by atoms with van der Waals surface area (Å²) in [6.07, 6.45) is 8.09. The number of benzene rings is 1. The first-order chi connectivity index (χ1) is 9.74. The van der Waals surface area contributed by atoms with Gasteiger partial charge in [-0.05, 0) is 74.6 Å². The molecule has 3 rings (SSSR count). The van der Waals surface area contributed by atoms with Crippen LogP contribution in [-0.4, -0.2) is 13.2 Å². The third-order valence-corrected chi connectivity index (χ3v) is 4.81. The Hall–Kier alpha value is -1.18. The first kappa shape index (κ1) is 13.8. The summed E-state index contributed by atoms with van der Waals surface area (Å²) >= 11 is 0. The van der Waals surface area contributed by atoms with E-state index in [0.29, 0.717) is 0 Å². The molecule has 0 radical (unpaired) electrons. The molecule has 0 amide bonds. The average molecular weight is 274 g/mol. The molecule has 110 valence electrons. The van der Waals surface area contributed by atoms with E-state index in [-0.39, 0.29) is 0 Å². The van der Waals surface area contributed by atoms with Gasteiger partial charge in [0.15, 0.2) is 0 Å². The highest BCUT2D eigenvalue weighted by molar-refractivity contribution is 5.47. The first-order valence-electron chi connectivity index (χ1n) is 8.10. The van der Waals surface area contributed by atoms with Crippen molar-refractivity contribution in [1.29, 1.82) is 0 Å². The molecular formula is C18H26O2. The number of hydrogen-bond donors (Lipinski definition) is 0.